The Morgan fingerprint density at radius 3 is 2.67 bits per heavy atom. The number of halogens is 2. The van der Waals surface area contributed by atoms with Gasteiger partial charge >= 0.3 is 0 Å². The molecule has 0 unspecified atom stereocenters. The molecule has 0 aliphatic carbocycles. The SMILES string of the molecule is Cc1nc2ncnn2c(N2CCCCC2)c1-c1c(F)cccc1Cl. The van der Waals surface area contributed by atoms with Crippen LogP contribution < -0.4 is 4.90 Å². The lowest BCUT2D eigenvalue weighted by Crippen LogP contribution is -2.32. The maximum atomic E-state index is 14.6. The highest BCUT2D eigenvalue weighted by Crippen LogP contribution is 2.39. The van der Waals surface area contributed by atoms with Gasteiger partial charge < -0.3 is 4.90 Å². The topological polar surface area (TPSA) is 46.3 Å². The van der Waals surface area contributed by atoms with Gasteiger partial charge in [-0.2, -0.15) is 14.6 Å². The molecule has 2 aromatic heterocycles. The number of hydrogen-bond acceptors (Lipinski definition) is 4. The van der Waals surface area contributed by atoms with Crippen molar-refractivity contribution in [3.8, 4) is 11.1 Å². The van der Waals surface area contributed by atoms with Gasteiger partial charge in [0.2, 0.25) is 0 Å². The molecular formula is C17H17ClFN5. The van der Waals surface area contributed by atoms with E-state index in [2.05, 4.69) is 20.0 Å². The molecule has 1 fully saturated rings. The van der Waals surface area contributed by atoms with E-state index in [0.29, 0.717) is 27.6 Å². The van der Waals surface area contributed by atoms with Crippen molar-refractivity contribution in [1.29, 1.82) is 0 Å². The highest BCUT2D eigenvalue weighted by atomic mass is 35.5. The smallest absolute Gasteiger partial charge is 0.254 e. The van der Waals surface area contributed by atoms with Gasteiger partial charge in [0.25, 0.3) is 5.78 Å². The Labute approximate surface area is 144 Å². The summed E-state index contributed by atoms with van der Waals surface area (Å²) in [6.07, 6.45) is 4.88. The van der Waals surface area contributed by atoms with Crippen LogP contribution in [0.5, 0.6) is 0 Å². The second-order valence-corrected chi connectivity index (χ2v) is 6.42. The minimum absolute atomic E-state index is 0.356. The fraction of sp³-hybridized carbons (Fsp3) is 0.353. The Bertz CT molecular complexity index is 881. The van der Waals surface area contributed by atoms with Crippen LogP contribution in [-0.2, 0) is 0 Å². The molecule has 0 saturated carbocycles. The standard InChI is InChI=1S/C17H17ClFN5/c1-11-14(15-12(18)6-5-7-13(15)19)16(23-8-3-2-4-9-23)24-17(22-11)20-10-21-24/h5-7,10H,2-4,8-9H2,1H3. The number of aryl methyl sites for hydroxylation is 1. The summed E-state index contributed by atoms with van der Waals surface area (Å²) in [5, 5.41) is 4.69. The molecule has 24 heavy (non-hydrogen) atoms. The Hall–Kier alpha value is -2.21. The van der Waals surface area contributed by atoms with Crippen molar-refractivity contribution in [3.63, 3.8) is 0 Å². The van der Waals surface area contributed by atoms with Crippen molar-refractivity contribution in [3.05, 3.63) is 41.1 Å². The predicted molar refractivity (Wildman–Crippen MR) is 92.0 cm³/mol. The van der Waals surface area contributed by atoms with E-state index in [4.69, 9.17) is 11.6 Å². The van der Waals surface area contributed by atoms with E-state index >= 15 is 0 Å². The summed E-state index contributed by atoms with van der Waals surface area (Å²) in [4.78, 5) is 10.9. The number of nitrogens with zero attached hydrogens (tertiary/aromatic N) is 5. The zero-order valence-electron chi connectivity index (χ0n) is 13.3. The summed E-state index contributed by atoms with van der Waals surface area (Å²) in [5.74, 6) is 0.983. The van der Waals surface area contributed by atoms with Crippen LogP contribution in [0.3, 0.4) is 0 Å². The predicted octanol–water partition coefficient (Wildman–Crippen LogP) is 3.88. The van der Waals surface area contributed by atoms with Crippen molar-refractivity contribution >= 4 is 23.2 Å². The van der Waals surface area contributed by atoms with Gasteiger partial charge in [-0.25, -0.2) is 9.37 Å². The summed E-state index contributed by atoms with van der Waals surface area (Å²) >= 11 is 6.34. The Morgan fingerprint density at radius 2 is 1.92 bits per heavy atom. The zero-order chi connectivity index (χ0) is 16.7. The summed E-state index contributed by atoms with van der Waals surface area (Å²) in [7, 11) is 0. The van der Waals surface area contributed by atoms with E-state index in [0.717, 1.165) is 31.7 Å². The van der Waals surface area contributed by atoms with Gasteiger partial charge in [-0.1, -0.05) is 17.7 Å². The third kappa shape index (κ3) is 2.41. The van der Waals surface area contributed by atoms with E-state index < -0.39 is 0 Å². The Kier molecular flexibility index (Phi) is 3.84. The molecule has 7 heteroatoms. The fourth-order valence-electron chi connectivity index (χ4n) is 3.36. The summed E-state index contributed by atoms with van der Waals surface area (Å²) in [6.45, 7) is 3.66. The average Bonchev–Trinajstić information content (AvgIpc) is 3.03. The lowest BCUT2D eigenvalue weighted by Gasteiger charge is -2.31. The van der Waals surface area contributed by atoms with E-state index in [1.54, 1.807) is 16.6 Å². The minimum atomic E-state index is -0.356. The molecule has 1 aliphatic heterocycles. The molecule has 3 heterocycles. The second-order valence-electron chi connectivity index (χ2n) is 6.01. The molecule has 1 aliphatic rings. The summed E-state index contributed by atoms with van der Waals surface area (Å²) in [6, 6.07) is 4.73. The molecule has 0 N–H and O–H groups in total. The molecule has 0 amide bonds. The number of fused-ring (bicyclic) bond motifs is 1. The fourth-order valence-corrected chi connectivity index (χ4v) is 3.62. The van der Waals surface area contributed by atoms with Crippen LogP contribution >= 0.6 is 11.6 Å². The van der Waals surface area contributed by atoms with Gasteiger partial charge in [0.1, 0.15) is 18.0 Å². The van der Waals surface area contributed by atoms with Crippen molar-refractivity contribution in [2.24, 2.45) is 0 Å². The van der Waals surface area contributed by atoms with Crippen LogP contribution in [0.2, 0.25) is 5.02 Å². The highest BCUT2D eigenvalue weighted by Gasteiger charge is 2.25. The molecule has 0 spiro atoms. The minimum Gasteiger partial charge on any atom is -0.356 e. The van der Waals surface area contributed by atoms with Crippen LogP contribution in [0.1, 0.15) is 25.0 Å². The van der Waals surface area contributed by atoms with Crippen molar-refractivity contribution in [2.75, 3.05) is 18.0 Å². The van der Waals surface area contributed by atoms with E-state index in [9.17, 15) is 4.39 Å². The Morgan fingerprint density at radius 1 is 1.12 bits per heavy atom. The first kappa shape index (κ1) is 15.3. The molecule has 1 aromatic carbocycles. The quantitative estimate of drug-likeness (QED) is 0.707. The number of hydrogen-bond donors (Lipinski definition) is 0. The number of anilines is 1. The van der Waals surface area contributed by atoms with E-state index in [1.807, 2.05) is 6.92 Å². The molecule has 0 bridgehead atoms. The lowest BCUT2D eigenvalue weighted by molar-refractivity contribution is 0.568. The normalized spacial score (nSPS) is 15.2. The van der Waals surface area contributed by atoms with Crippen LogP contribution in [0.4, 0.5) is 10.2 Å². The third-order valence-corrected chi connectivity index (χ3v) is 4.77. The van der Waals surface area contributed by atoms with Crippen molar-refractivity contribution in [2.45, 2.75) is 26.2 Å². The third-order valence-electron chi connectivity index (χ3n) is 4.45. The molecule has 0 atom stereocenters. The van der Waals surface area contributed by atoms with Gasteiger partial charge in [-0.15, -0.1) is 0 Å². The number of piperidine rings is 1. The molecule has 124 valence electrons. The maximum absolute atomic E-state index is 14.6. The average molecular weight is 346 g/mol. The van der Waals surface area contributed by atoms with Gasteiger partial charge in [-0.05, 0) is 38.3 Å². The van der Waals surface area contributed by atoms with Crippen LogP contribution in [-0.4, -0.2) is 32.7 Å². The van der Waals surface area contributed by atoms with E-state index in [1.165, 1.54) is 18.8 Å². The van der Waals surface area contributed by atoms with Crippen LogP contribution in [0.15, 0.2) is 24.5 Å². The van der Waals surface area contributed by atoms with Crippen molar-refractivity contribution in [1.82, 2.24) is 19.6 Å². The van der Waals surface area contributed by atoms with Gasteiger partial charge in [0, 0.05) is 18.7 Å². The maximum Gasteiger partial charge on any atom is 0.254 e. The van der Waals surface area contributed by atoms with Gasteiger partial charge in [0.05, 0.1) is 16.3 Å². The van der Waals surface area contributed by atoms with Gasteiger partial charge in [0.15, 0.2) is 0 Å². The molecule has 0 radical (unpaired) electrons. The van der Waals surface area contributed by atoms with Gasteiger partial charge in [-0.3, -0.25) is 0 Å². The molecule has 4 rings (SSSR count). The molecular weight excluding hydrogens is 329 g/mol. The molecule has 1 saturated heterocycles. The van der Waals surface area contributed by atoms with Crippen LogP contribution in [0.25, 0.3) is 16.9 Å². The van der Waals surface area contributed by atoms with Crippen molar-refractivity contribution < 1.29 is 4.39 Å². The monoisotopic (exact) mass is 345 g/mol. The zero-order valence-corrected chi connectivity index (χ0v) is 14.1. The van der Waals surface area contributed by atoms with E-state index in [-0.39, 0.29) is 5.82 Å². The first-order valence-corrected chi connectivity index (χ1v) is 8.44. The second kappa shape index (κ2) is 6.02. The number of aromatic nitrogens is 4. The summed E-state index contributed by atoms with van der Waals surface area (Å²) < 4.78 is 16.3. The molecule has 5 nitrogen and oxygen atoms in total. The highest BCUT2D eigenvalue weighted by molar-refractivity contribution is 6.33. The first-order chi connectivity index (χ1) is 11.7. The first-order valence-electron chi connectivity index (χ1n) is 8.06. The summed E-state index contributed by atoms with van der Waals surface area (Å²) in [5.41, 5.74) is 1.77. The molecule has 3 aromatic rings. The Balaban J connectivity index is 2.05. The number of benzene rings is 1. The number of rotatable bonds is 2. The largest absolute Gasteiger partial charge is 0.356 e. The van der Waals surface area contributed by atoms with Crippen LogP contribution in [0, 0.1) is 12.7 Å². The lowest BCUT2D eigenvalue weighted by atomic mass is 10.0.